The highest BCUT2D eigenvalue weighted by atomic mass is 79.9. The van der Waals surface area contributed by atoms with Crippen molar-refractivity contribution < 1.29 is 14.6 Å². The number of aliphatic hydroxyl groups is 1. The summed E-state index contributed by atoms with van der Waals surface area (Å²) in [4.78, 5) is 0. The molecule has 1 unspecified atom stereocenters. The Morgan fingerprint density at radius 1 is 1.00 bits per heavy atom. The first-order valence-electron chi connectivity index (χ1n) is 6.39. The summed E-state index contributed by atoms with van der Waals surface area (Å²) in [7, 11) is 3.23. The fourth-order valence-corrected chi connectivity index (χ4v) is 3.10. The van der Waals surface area contributed by atoms with Crippen LogP contribution in [0, 0.1) is 0 Å². The molecule has 2 rings (SSSR count). The molecule has 0 saturated heterocycles. The van der Waals surface area contributed by atoms with E-state index in [4.69, 9.17) is 9.47 Å². The lowest BCUT2D eigenvalue weighted by molar-refractivity contribution is 0.174. The molecule has 0 heterocycles. The predicted molar refractivity (Wildman–Crippen MR) is 90.1 cm³/mol. The Labute approximate surface area is 141 Å². The fraction of sp³-hybridized carbons (Fsp3) is 0.250. The highest BCUT2D eigenvalue weighted by Gasteiger charge is 2.15. The van der Waals surface area contributed by atoms with Crippen LogP contribution in [0.15, 0.2) is 45.3 Å². The smallest absolute Gasteiger partial charge is 0.133 e. The number of methoxy groups -OCH3 is 2. The van der Waals surface area contributed by atoms with Gasteiger partial charge >= 0.3 is 0 Å². The van der Waals surface area contributed by atoms with E-state index in [2.05, 4.69) is 31.9 Å². The zero-order valence-electron chi connectivity index (χ0n) is 11.8. The van der Waals surface area contributed by atoms with Crippen LogP contribution in [0.2, 0.25) is 0 Å². The summed E-state index contributed by atoms with van der Waals surface area (Å²) in [6.07, 6.45) is -0.146. The number of hydrogen-bond acceptors (Lipinski definition) is 3. The Balaban J connectivity index is 2.23. The summed E-state index contributed by atoms with van der Waals surface area (Å²) in [6.45, 7) is 0. The van der Waals surface area contributed by atoms with Crippen LogP contribution >= 0.6 is 31.9 Å². The van der Waals surface area contributed by atoms with Crippen LogP contribution in [-0.4, -0.2) is 19.3 Å². The van der Waals surface area contributed by atoms with Gasteiger partial charge in [-0.2, -0.15) is 0 Å². The number of ether oxygens (including phenoxy) is 2. The standard InChI is InChI=1S/C16H16Br2O3/c1-20-15-6-4-11(17)9-12(15)14(19)8-10-3-5-16(21-2)13(18)7-10/h3-7,9,14,19H,8H2,1-2H3. The molecule has 3 nitrogen and oxygen atoms in total. The molecule has 0 fully saturated rings. The van der Waals surface area contributed by atoms with Gasteiger partial charge in [-0.1, -0.05) is 22.0 Å². The average Bonchev–Trinajstić information content (AvgIpc) is 2.47. The van der Waals surface area contributed by atoms with Gasteiger partial charge in [0, 0.05) is 16.5 Å². The van der Waals surface area contributed by atoms with Crippen molar-refractivity contribution >= 4 is 31.9 Å². The molecule has 2 aromatic rings. The molecule has 1 atom stereocenters. The fourth-order valence-electron chi connectivity index (χ4n) is 2.14. The molecular formula is C16H16Br2O3. The predicted octanol–water partition coefficient (Wildman–Crippen LogP) is 4.50. The van der Waals surface area contributed by atoms with Gasteiger partial charge in [0.25, 0.3) is 0 Å². The minimum absolute atomic E-state index is 0.495. The van der Waals surface area contributed by atoms with Crippen molar-refractivity contribution in [2.24, 2.45) is 0 Å². The summed E-state index contributed by atoms with van der Waals surface area (Å²) < 4.78 is 12.3. The maximum atomic E-state index is 10.5. The number of rotatable bonds is 5. The molecule has 0 aliphatic carbocycles. The number of aliphatic hydroxyl groups excluding tert-OH is 1. The Hall–Kier alpha value is -1.04. The highest BCUT2D eigenvalue weighted by molar-refractivity contribution is 9.10. The summed E-state index contributed by atoms with van der Waals surface area (Å²) in [5.74, 6) is 1.45. The second kappa shape index (κ2) is 7.29. The van der Waals surface area contributed by atoms with Crippen molar-refractivity contribution in [3.8, 4) is 11.5 Å². The molecule has 0 aliphatic rings. The van der Waals surface area contributed by atoms with Gasteiger partial charge in [-0.25, -0.2) is 0 Å². The lowest BCUT2D eigenvalue weighted by atomic mass is 10.0. The molecule has 0 saturated carbocycles. The summed E-state index contributed by atoms with van der Waals surface area (Å²) in [6, 6.07) is 11.4. The van der Waals surface area contributed by atoms with Crippen LogP contribution in [0.4, 0.5) is 0 Å². The zero-order valence-corrected chi connectivity index (χ0v) is 14.9. The van der Waals surface area contributed by atoms with E-state index >= 15 is 0 Å². The third-order valence-corrected chi connectivity index (χ3v) is 4.31. The van der Waals surface area contributed by atoms with E-state index in [9.17, 15) is 5.11 Å². The number of benzene rings is 2. The quantitative estimate of drug-likeness (QED) is 0.780. The van der Waals surface area contributed by atoms with Crippen molar-refractivity contribution in [1.29, 1.82) is 0 Å². The van der Waals surface area contributed by atoms with Crippen LogP contribution < -0.4 is 9.47 Å². The second-order valence-electron chi connectivity index (χ2n) is 4.58. The minimum atomic E-state index is -0.641. The third kappa shape index (κ3) is 3.99. The molecule has 1 N–H and O–H groups in total. The molecule has 0 aliphatic heterocycles. The third-order valence-electron chi connectivity index (χ3n) is 3.20. The van der Waals surface area contributed by atoms with Crippen LogP contribution in [0.1, 0.15) is 17.2 Å². The Morgan fingerprint density at radius 2 is 1.67 bits per heavy atom. The monoisotopic (exact) mass is 414 g/mol. The molecule has 0 bridgehead atoms. The maximum Gasteiger partial charge on any atom is 0.133 e. The summed E-state index contributed by atoms with van der Waals surface area (Å²) >= 11 is 6.87. The topological polar surface area (TPSA) is 38.7 Å². The van der Waals surface area contributed by atoms with Crippen LogP contribution in [0.25, 0.3) is 0 Å². The lowest BCUT2D eigenvalue weighted by Gasteiger charge is -2.16. The molecular weight excluding hydrogens is 400 g/mol. The summed E-state index contributed by atoms with van der Waals surface area (Å²) in [5, 5.41) is 10.5. The molecule has 112 valence electrons. The van der Waals surface area contributed by atoms with E-state index in [1.807, 2.05) is 36.4 Å². The van der Waals surface area contributed by atoms with Gasteiger partial charge in [0.2, 0.25) is 0 Å². The van der Waals surface area contributed by atoms with Crippen molar-refractivity contribution in [2.45, 2.75) is 12.5 Å². The molecule has 0 aromatic heterocycles. The van der Waals surface area contributed by atoms with Gasteiger partial charge in [-0.05, 0) is 51.8 Å². The molecule has 2 aromatic carbocycles. The average molecular weight is 416 g/mol. The van der Waals surface area contributed by atoms with Crippen LogP contribution in [0.3, 0.4) is 0 Å². The Kier molecular flexibility index (Phi) is 5.67. The number of hydrogen-bond donors (Lipinski definition) is 1. The van der Waals surface area contributed by atoms with Crippen molar-refractivity contribution in [3.05, 3.63) is 56.5 Å². The van der Waals surface area contributed by atoms with Crippen molar-refractivity contribution in [2.75, 3.05) is 14.2 Å². The largest absolute Gasteiger partial charge is 0.496 e. The SMILES string of the molecule is COc1ccc(CC(O)c2cc(Br)ccc2OC)cc1Br. The van der Waals surface area contributed by atoms with Gasteiger partial charge in [0.1, 0.15) is 11.5 Å². The Morgan fingerprint density at radius 3 is 2.29 bits per heavy atom. The Bertz CT molecular complexity index is 629. The van der Waals surface area contributed by atoms with Gasteiger partial charge in [0.15, 0.2) is 0 Å². The molecule has 5 heteroatoms. The highest BCUT2D eigenvalue weighted by Crippen LogP contribution is 2.32. The first kappa shape index (κ1) is 16.3. The second-order valence-corrected chi connectivity index (χ2v) is 6.35. The van der Waals surface area contributed by atoms with E-state index in [-0.39, 0.29) is 0 Å². The molecule has 0 amide bonds. The van der Waals surface area contributed by atoms with E-state index in [1.54, 1.807) is 14.2 Å². The first-order chi connectivity index (χ1) is 10.0. The summed E-state index contributed by atoms with van der Waals surface area (Å²) in [5.41, 5.74) is 1.77. The van der Waals surface area contributed by atoms with E-state index in [0.717, 1.165) is 25.8 Å². The lowest BCUT2D eigenvalue weighted by Crippen LogP contribution is -2.04. The zero-order chi connectivity index (χ0) is 15.4. The minimum Gasteiger partial charge on any atom is -0.496 e. The number of halogens is 2. The maximum absolute atomic E-state index is 10.5. The first-order valence-corrected chi connectivity index (χ1v) is 7.97. The molecule has 0 spiro atoms. The van der Waals surface area contributed by atoms with Gasteiger partial charge in [-0.3, -0.25) is 0 Å². The molecule has 0 radical (unpaired) electrons. The van der Waals surface area contributed by atoms with E-state index in [1.165, 1.54) is 0 Å². The normalized spacial score (nSPS) is 12.0. The van der Waals surface area contributed by atoms with Gasteiger partial charge in [-0.15, -0.1) is 0 Å². The van der Waals surface area contributed by atoms with Crippen molar-refractivity contribution in [3.63, 3.8) is 0 Å². The molecule has 21 heavy (non-hydrogen) atoms. The van der Waals surface area contributed by atoms with E-state index in [0.29, 0.717) is 12.2 Å². The van der Waals surface area contributed by atoms with Crippen LogP contribution in [0.5, 0.6) is 11.5 Å². The van der Waals surface area contributed by atoms with Crippen LogP contribution in [-0.2, 0) is 6.42 Å². The van der Waals surface area contributed by atoms with Crippen molar-refractivity contribution in [1.82, 2.24) is 0 Å². The van der Waals surface area contributed by atoms with Gasteiger partial charge in [0.05, 0.1) is 24.8 Å². The van der Waals surface area contributed by atoms with E-state index < -0.39 is 6.10 Å². The van der Waals surface area contributed by atoms with Gasteiger partial charge < -0.3 is 14.6 Å².